The fourth-order valence-corrected chi connectivity index (χ4v) is 5.12. The summed E-state index contributed by atoms with van der Waals surface area (Å²) in [6, 6.07) is 12.8. The topological polar surface area (TPSA) is 54.3 Å². The number of benzene rings is 2. The van der Waals surface area contributed by atoms with Gasteiger partial charge in [-0.1, -0.05) is 47.1 Å². The molecule has 3 aliphatic rings. The average Bonchev–Trinajstić information content (AvgIpc) is 3.76. The molecular weight excluding hydrogens is 434 g/mol. The minimum atomic E-state index is 0.350. The molecule has 6 rings (SSSR count). The van der Waals surface area contributed by atoms with Crippen molar-refractivity contribution in [1.82, 2.24) is 24.8 Å². The van der Waals surface area contributed by atoms with Crippen molar-refractivity contribution in [3.05, 3.63) is 47.0 Å². The fourth-order valence-electron chi connectivity index (χ4n) is 4.81. The Balaban J connectivity index is 1.09. The number of hydrogen-bond donors (Lipinski definition) is 0. The van der Waals surface area contributed by atoms with Crippen LogP contribution in [0, 0.1) is 11.8 Å². The first-order chi connectivity index (χ1) is 16.1. The number of amides is 1. The lowest BCUT2D eigenvalue weighted by molar-refractivity contribution is -0.133. The molecule has 1 saturated heterocycles. The van der Waals surface area contributed by atoms with E-state index < -0.39 is 0 Å². The molecule has 2 aromatic carbocycles. The van der Waals surface area contributed by atoms with Gasteiger partial charge in [0.2, 0.25) is 5.91 Å². The monoisotopic (exact) mass is 463 g/mol. The van der Waals surface area contributed by atoms with E-state index in [4.69, 9.17) is 11.6 Å². The van der Waals surface area contributed by atoms with Crippen molar-refractivity contribution >= 4 is 28.5 Å². The van der Waals surface area contributed by atoms with E-state index in [9.17, 15) is 4.79 Å². The van der Waals surface area contributed by atoms with E-state index >= 15 is 0 Å². The molecule has 1 amide bonds. The highest BCUT2D eigenvalue weighted by atomic mass is 35.5. The van der Waals surface area contributed by atoms with Gasteiger partial charge in [0.25, 0.3) is 0 Å². The summed E-state index contributed by atoms with van der Waals surface area (Å²) in [6.45, 7) is 5.42. The summed E-state index contributed by atoms with van der Waals surface area (Å²) in [7, 11) is 0. The van der Waals surface area contributed by atoms with Gasteiger partial charge in [0.15, 0.2) is 0 Å². The first-order valence-electron chi connectivity index (χ1n) is 12.2. The number of nitrogens with zero attached hydrogens (tertiary/aromatic N) is 5. The van der Waals surface area contributed by atoms with Crippen molar-refractivity contribution in [3.8, 4) is 11.1 Å². The molecule has 3 aromatic rings. The normalized spacial score (nSPS) is 19.4. The maximum Gasteiger partial charge on any atom is 0.222 e. The molecule has 2 saturated carbocycles. The highest BCUT2D eigenvalue weighted by Gasteiger charge is 2.28. The Morgan fingerprint density at radius 3 is 2.36 bits per heavy atom. The lowest BCUT2D eigenvalue weighted by Crippen LogP contribution is -2.48. The van der Waals surface area contributed by atoms with Crippen molar-refractivity contribution in [3.63, 3.8) is 0 Å². The number of carbonyl (C=O) groups is 1. The molecule has 0 bridgehead atoms. The van der Waals surface area contributed by atoms with E-state index in [0.717, 1.165) is 73.8 Å². The van der Waals surface area contributed by atoms with Crippen molar-refractivity contribution in [1.29, 1.82) is 0 Å². The van der Waals surface area contributed by atoms with E-state index in [-0.39, 0.29) is 0 Å². The van der Waals surface area contributed by atoms with Gasteiger partial charge in [0.1, 0.15) is 5.52 Å². The quantitative estimate of drug-likeness (QED) is 0.513. The maximum absolute atomic E-state index is 12.3. The number of hydrogen-bond acceptors (Lipinski definition) is 4. The summed E-state index contributed by atoms with van der Waals surface area (Å²) in [5.41, 5.74) is 5.17. The van der Waals surface area contributed by atoms with Crippen LogP contribution in [0.15, 0.2) is 36.4 Å². The molecule has 2 aliphatic carbocycles. The summed E-state index contributed by atoms with van der Waals surface area (Å²) in [5.74, 6) is 1.76. The van der Waals surface area contributed by atoms with Crippen molar-refractivity contribution in [2.75, 3.05) is 26.2 Å². The largest absolute Gasteiger partial charge is 0.340 e. The van der Waals surface area contributed by atoms with Gasteiger partial charge in [-0.2, -0.15) is 0 Å². The highest BCUT2D eigenvalue weighted by Crippen LogP contribution is 2.36. The minimum absolute atomic E-state index is 0.350. The third-order valence-electron chi connectivity index (χ3n) is 7.31. The summed E-state index contributed by atoms with van der Waals surface area (Å²) >= 11 is 6.76. The summed E-state index contributed by atoms with van der Waals surface area (Å²) in [4.78, 5) is 16.8. The Labute approximate surface area is 199 Å². The molecular formula is C26H30ClN5O. The molecule has 6 nitrogen and oxygen atoms in total. The molecule has 172 valence electrons. The van der Waals surface area contributed by atoms with E-state index in [1.165, 1.54) is 31.2 Å². The maximum atomic E-state index is 12.3. The van der Waals surface area contributed by atoms with Crippen LogP contribution < -0.4 is 0 Å². The third-order valence-corrected chi connectivity index (χ3v) is 7.69. The number of carbonyl (C=O) groups excluding carboxylic acids is 1. The number of rotatable bonds is 7. The second kappa shape index (κ2) is 8.73. The molecule has 3 fully saturated rings. The second-order valence-corrected chi connectivity index (χ2v) is 10.4. The smallest absolute Gasteiger partial charge is 0.222 e. The third kappa shape index (κ3) is 4.64. The SMILES string of the molecule is O=C(CC1CC1)N1CCN(Cc2ccc(-c3ccc4c(nnn4CC4CC4)c3Cl)cc2)CC1. The Morgan fingerprint density at radius 2 is 1.67 bits per heavy atom. The number of fused-ring (bicyclic) bond motifs is 1. The Morgan fingerprint density at radius 1 is 0.939 bits per heavy atom. The summed E-state index contributed by atoms with van der Waals surface area (Å²) < 4.78 is 1.99. The fraction of sp³-hybridized carbons (Fsp3) is 0.500. The van der Waals surface area contributed by atoms with Gasteiger partial charge in [-0.25, -0.2) is 4.68 Å². The van der Waals surface area contributed by atoms with Gasteiger partial charge >= 0.3 is 0 Å². The zero-order chi connectivity index (χ0) is 22.4. The van der Waals surface area contributed by atoms with Crippen molar-refractivity contribution < 1.29 is 4.79 Å². The van der Waals surface area contributed by atoms with Crippen LogP contribution in [0.25, 0.3) is 22.2 Å². The number of halogens is 1. The van der Waals surface area contributed by atoms with Gasteiger partial charge in [-0.15, -0.1) is 5.10 Å². The molecule has 0 spiro atoms. The van der Waals surface area contributed by atoms with Crippen LogP contribution in [-0.4, -0.2) is 56.9 Å². The molecule has 0 N–H and O–H groups in total. The van der Waals surface area contributed by atoms with Gasteiger partial charge in [-0.05, 0) is 54.7 Å². The molecule has 1 aromatic heterocycles. The van der Waals surface area contributed by atoms with E-state index in [0.29, 0.717) is 16.8 Å². The molecule has 2 heterocycles. The minimum Gasteiger partial charge on any atom is -0.340 e. The zero-order valence-corrected chi connectivity index (χ0v) is 19.7. The van der Waals surface area contributed by atoms with Crippen LogP contribution >= 0.6 is 11.6 Å². The van der Waals surface area contributed by atoms with Gasteiger partial charge < -0.3 is 4.90 Å². The van der Waals surface area contributed by atoms with E-state index in [1.54, 1.807) is 0 Å². The number of piperazine rings is 1. The number of aromatic nitrogens is 3. The van der Waals surface area contributed by atoms with Crippen molar-refractivity contribution in [2.45, 2.75) is 45.2 Å². The predicted molar refractivity (Wildman–Crippen MR) is 130 cm³/mol. The van der Waals surface area contributed by atoms with E-state index in [1.807, 2.05) is 4.68 Å². The standard InChI is InChI=1S/C26H30ClN5O/c27-25-22(9-10-23-26(25)28-29-32(23)17-20-3-4-20)21-7-5-19(6-8-21)16-30-11-13-31(14-12-30)24(33)15-18-1-2-18/h5-10,18,20H,1-4,11-17H2. The van der Waals surface area contributed by atoms with Crippen LogP contribution in [0.5, 0.6) is 0 Å². The predicted octanol–water partition coefficient (Wildman–Crippen LogP) is 4.61. The van der Waals surface area contributed by atoms with Gasteiger partial charge in [0.05, 0.1) is 10.5 Å². The Bertz CT molecular complexity index is 1160. The van der Waals surface area contributed by atoms with Crippen LogP contribution in [0.2, 0.25) is 5.02 Å². The van der Waals surface area contributed by atoms with Crippen molar-refractivity contribution in [2.24, 2.45) is 11.8 Å². The summed E-state index contributed by atoms with van der Waals surface area (Å²) in [5, 5.41) is 9.37. The molecule has 33 heavy (non-hydrogen) atoms. The second-order valence-electron chi connectivity index (χ2n) is 10.0. The Kier molecular flexibility index (Phi) is 5.59. The first kappa shape index (κ1) is 21.1. The van der Waals surface area contributed by atoms with Gasteiger partial charge in [-0.3, -0.25) is 9.69 Å². The lowest BCUT2D eigenvalue weighted by Gasteiger charge is -2.35. The first-order valence-corrected chi connectivity index (χ1v) is 12.6. The molecule has 1 aliphatic heterocycles. The molecule has 0 unspecified atom stereocenters. The zero-order valence-electron chi connectivity index (χ0n) is 18.9. The van der Waals surface area contributed by atoms with Crippen LogP contribution in [-0.2, 0) is 17.9 Å². The molecule has 0 radical (unpaired) electrons. The molecule has 7 heteroatoms. The van der Waals surface area contributed by atoms with Gasteiger partial charge in [0, 0.05) is 51.3 Å². The summed E-state index contributed by atoms with van der Waals surface area (Å²) in [6.07, 6.45) is 5.80. The lowest BCUT2D eigenvalue weighted by atomic mass is 10.0. The molecule has 0 atom stereocenters. The Hall–Kier alpha value is -2.44. The van der Waals surface area contributed by atoms with Crippen LogP contribution in [0.3, 0.4) is 0 Å². The average molecular weight is 464 g/mol. The van der Waals surface area contributed by atoms with E-state index in [2.05, 4.69) is 56.5 Å². The van der Waals surface area contributed by atoms with Crippen LogP contribution in [0.4, 0.5) is 0 Å². The highest BCUT2D eigenvalue weighted by molar-refractivity contribution is 6.37. The van der Waals surface area contributed by atoms with Crippen LogP contribution in [0.1, 0.15) is 37.7 Å².